The Morgan fingerprint density at radius 3 is 2.83 bits per heavy atom. The van der Waals surface area contributed by atoms with Gasteiger partial charge in [0.15, 0.2) is 5.82 Å². The number of H-pyrrole nitrogens is 1. The maximum atomic E-state index is 12.2. The molecule has 0 aliphatic rings. The van der Waals surface area contributed by atoms with Crippen molar-refractivity contribution in [2.75, 3.05) is 12.4 Å². The molecule has 4 rings (SSSR count). The van der Waals surface area contributed by atoms with Crippen LogP contribution in [0.15, 0.2) is 36.7 Å². The van der Waals surface area contributed by atoms with Crippen molar-refractivity contribution in [3.05, 3.63) is 42.2 Å². The summed E-state index contributed by atoms with van der Waals surface area (Å²) in [5.74, 6) is 0.703. The molecule has 0 saturated carbocycles. The number of rotatable bonds is 6. The number of amides is 1. The van der Waals surface area contributed by atoms with Crippen molar-refractivity contribution >= 4 is 33.8 Å². The van der Waals surface area contributed by atoms with Gasteiger partial charge in [-0.15, -0.1) is 0 Å². The minimum absolute atomic E-state index is 0.0986. The predicted molar refractivity (Wildman–Crippen MR) is 120 cm³/mol. The maximum absolute atomic E-state index is 12.2. The minimum Gasteiger partial charge on any atom is -0.371 e. The van der Waals surface area contributed by atoms with E-state index < -0.39 is 6.04 Å². The fraction of sp³-hybridized carbons (Fsp3) is 0.318. The summed E-state index contributed by atoms with van der Waals surface area (Å²) in [4.78, 5) is 24.7. The van der Waals surface area contributed by atoms with Crippen LogP contribution >= 0.6 is 0 Å². The van der Waals surface area contributed by atoms with E-state index in [0.29, 0.717) is 6.54 Å². The lowest BCUT2D eigenvalue weighted by atomic mass is 10.0. The van der Waals surface area contributed by atoms with E-state index >= 15 is 0 Å². The molecular formula is C22H27N7O. The smallest absolute Gasteiger partial charge is 0.237 e. The number of pyridine rings is 1. The molecule has 0 bridgehead atoms. The maximum Gasteiger partial charge on any atom is 0.237 e. The highest BCUT2D eigenvalue weighted by Crippen LogP contribution is 2.31. The second-order valence-electron chi connectivity index (χ2n) is 7.90. The number of imidazole rings is 1. The molecule has 4 aromatic rings. The normalized spacial score (nSPS) is 12.6. The lowest BCUT2D eigenvalue weighted by Gasteiger charge is -2.15. The van der Waals surface area contributed by atoms with Gasteiger partial charge < -0.3 is 25.9 Å². The number of carbonyl (C=O) groups excluding carboxylic acids is 1. The standard InChI is InChI=1S/C22H27N7O/c1-12(2)17(23)22(30)25-10-13-6-5-7-14(8-13)16-9-15-19-18(26-11-29(19)4)21(24-3)28-20(15)27-16/h5-9,11-12,17H,10,23H2,1-4H3,(H,25,30)(H2,24,27,28)/t17-/m0/s1. The van der Waals surface area contributed by atoms with E-state index in [-0.39, 0.29) is 11.8 Å². The first-order chi connectivity index (χ1) is 14.4. The van der Waals surface area contributed by atoms with Gasteiger partial charge in [-0.2, -0.15) is 0 Å². The molecule has 8 heteroatoms. The summed E-state index contributed by atoms with van der Waals surface area (Å²) in [6.45, 7) is 4.31. The van der Waals surface area contributed by atoms with Crippen LogP contribution in [0.3, 0.4) is 0 Å². The molecule has 3 aromatic heterocycles. The fourth-order valence-corrected chi connectivity index (χ4v) is 3.59. The third kappa shape index (κ3) is 3.50. The molecule has 1 amide bonds. The molecule has 1 aromatic carbocycles. The van der Waals surface area contributed by atoms with E-state index in [1.54, 1.807) is 6.33 Å². The highest BCUT2D eigenvalue weighted by atomic mass is 16.2. The van der Waals surface area contributed by atoms with Gasteiger partial charge in [0.05, 0.1) is 17.9 Å². The Labute approximate surface area is 174 Å². The van der Waals surface area contributed by atoms with Gasteiger partial charge in [0.25, 0.3) is 0 Å². The zero-order valence-corrected chi connectivity index (χ0v) is 17.7. The monoisotopic (exact) mass is 405 g/mol. The van der Waals surface area contributed by atoms with Crippen LogP contribution in [0.25, 0.3) is 33.3 Å². The van der Waals surface area contributed by atoms with Crippen LogP contribution < -0.4 is 16.4 Å². The van der Waals surface area contributed by atoms with Crippen molar-refractivity contribution < 1.29 is 4.79 Å². The van der Waals surface area contributed by atoms with Crippen molar-refractivity contribution in [3.63, 3.8) is 0 Å². The highest BCUT2D eigenvalue weighted by molar-refractivity contribution is 6.07. The molecule has 0 radical (unpaired) electrons. The van der Waals surface area contributed by atoms with Crippen LogP contribution in [0.1, 0.15) is 19.4 Å². The number of hydrogen-bond acceptors (Lipinski definition) is 5. The van der Waals surface area contributed by atoms with E-state index in [9.17, 15) is 4.79 Å². The van der Waals surface area contributed by atoms with Gasteiger partial charge in [-0.3, -0.25) is 4.79 Å². The second-order valence-corrected chi connectivity index (χ2v) is 7.90. The Bertz CT molecular complexity index is 1220. The third-order valence-electron chi connectivity index (χ3n) is 5.40. The van der Waals surface area contributed by atoms with Gasteiger partial charge in [-0.25, -0.2) is 9.97 Å². The number of nitrogens with one attached hydrogen (secondary N) is 3. The number of benzene rings is 1. The number of nitrogens with two attached hydrogens (primary N) is 1. The fourth-order valence-electron chi connectivity index (χ4n) is 3.59. The average Bonchev–Trinajstić information content (AvgIpc) is 3.34. The van der Waals surface area contributed by atoms with E-state index in [4.69, 9.17) is 5.73 Å². The summed E-state index contributed by atoms with van der Waals surface area (Å²) in [5.41, 5.74) is 11.6. The SMILES string of the molecule is CNc1nc2[nH]c(-c3cccc(CNC(=O)[C@@H](N)C(C)C)c3)cc2c2c1ncn2C. The molecule has 30 heavy (non-hydrogen) atoms. The van der Waals surface area contributed by atoms with Crippen LogP contribution in [-0.4, -0.2) is 38.5 Å². The topological polar surface area (TPSA) is 114 Å². The first-order valence-corrected chi connectivity index (χ1v) is 10.0. The molecule has 0 unspecified atom stereocenters. The number of aromatic amines is 1. The Hall–Kier alpha value is -3.39. The quantitative estimate of drug-likeness (QED) is 0.394. The van der Waals surface area contributed by atoms with Crippen LogP contribution in [0.5, 0.6) is 0 Å². The van der Waals surface area contributed by atoms with Gasteiger partial charge in [0.1, 0.15) is 11.2 Å². The number of nitrogens with zero attached hydrogens (tertiary/aromatic N) is 3. The van der Waals surface area contributed by atoms with Crippen molar-refractivity contribution in [3.8, 4) is 11.3 Å². The molecule has 0 fully saturated rings. The van der Waals surface area contributed by atoms with E-state index in [1.165, 1.54) is 0 Å². The van der Waals surface area contributed by atoms with Crippen molar-refractivity contribution in [2.24, 2.45) is 18.7 Å². The summed E-state index contributed by atoms with van der Waals surface area (Å²) in [5, 5.41) is 7.06. The Morgan fingerprint density at radius 2 is 2.10 bits per heavy atom. The molecular weight excluding hydrogens is 378 g/mol. The number of carbonyl (C=O) groups is 1. The Morgan fingerprint density at radius 1 is 1.30 bits per heavy atom. The Kier molecular flexibility index (Phi) is 5.17. The van der Waals surface area contributed by atoms with Gasteiger partial charge >= 0.3 is 0 Å². The average molecular weight is 406 g/mol. The van der Waals surface area contributed by atoms with Gasteiger partial charge in [0.2, 0.25) is 5.91 Å². The van der Waals surface area contributed by atoms with Crippen LogP contribution in [0, 0.1) is 5.92 Å². The van der Waals surface area contributed by atoms with Crippen LogP contribution in [-0.2, 0) is 18.4 Å². The van der Waals surface area contributed by atoms with Gasteiger partial charge in [0, 0.05) is 31.7 Å². The Balaban J connectivity index is 1.66. The van der Waals surface area contributed by atoms with Gasteiger partial charge in [-0.1, -0.05) is 32.0 Å². The zero-order chi connectivity index (χ0) is 21.4. The van der Waals surface area contributed by atoms with E-state index in [1.807, 2.05) is 50.7 Å². The minimum atomic E-state index is -0.504. The van der Waals surface area contributed by atoms with E-state index in [0.717, 1.165) is 44.7 Å². The molecule has 0 spiro atoms. The largest absolute Gasteiger partial charge is 0.371 e. The number of hydrogen-bond donors (Lipinski definition) is 4. The van der Waals surface area contributed by atoms with E-state index in [2.05, 4.69) is 37.7 Å². The zero-order valence-electron chi connectivity index (χ0n) is 17.7. The molecule has 0 saturated heterocycles. The number of aromatic nitrogens is 4. The van der Waals surface area contributed by atoms with Crippen molar-refractivity contribution in [1.29, 1.82) is 0 Å². The first-order valence-electron chi connectivity index (χ1n) is 10.0. The second kappa shape index (κ2) is 7.79. The molecule has 3 heterocycles. The first kappa shape index (κ1) is 19.9. The molecule has 8 nitrogen and oxygen atoms in total. The number of anilines is 1. The molecule has 0 aliphatic carbocycles. The third-order valence-corrected chi connectivity index (χ3v) is 5.40. The number of aryl methyl sites for hydroxylation is 1. The van der Waals surface area contributed by atoms with Crippen molar-refractivity contribution in [2.45, 2.75) is 26.4 Å². The summed E-state index contributed by atoms with van der Waals surface area (Å²) >= 11 is 0. The molecule has 5 N–H and O–H groups in total. The van der Waals surface area contributed by atoms with Gasteiger partial charge in [-0.05, 0) is 29.2 Å². The van der Waals surface area contributed by atoms with Crippen LogP contribution in [0.2, 0.25) is 0 Å². The summed E-state index contributed by atoms with van der Waals surface area (Å²) in [6.07, 6.45) is 1.80. The predicted octanol–water partition coefficient (Wildman–Crippen LogP) is 2.76. The number of fused-ring (bicyclic) bond motifs is 3. The summed E-state index contributed by atoms with van der Waals surface area (Å²) in [7, 11) is 3.82. The van der Waals surface area contributed by atoms with Crippen molar-refractivity contribution in [1.82, 2.24) is 24.8 Å². The lowest BCUT2D eigenvalue weighted by Crippen LogP contribution is -2.43. The van der Waals surface area contributed by atoms with Crippen LogP contribution in [0.4, 0.5) is 5.82 Å². The molecule has 1 atom stereocenters. The molecule has 156 valence electrons. The lowest BCUT2D eigenvalue weighted by molar-refractivity contribution is -0.123. The highest BCUT2D eigenvalue weighted by Gasteiger charge is 2.17. The summed E-state index contributed by atoms with van der Waals surface area (Å²) < 4.78 is 2.00. The molecule has 0 aliphatic heterocycles. The summed E-state index contributed by atoms with van der Waals surface area (Å²) in [6, 6.07) is 9.66.